The highest BCUT2D eigenvalue weighted by molar-refractivity contribution is 6.30. The Hall–Kier alpha value is -1.02. The summed E-state index contributed by atoms with van der Waals surface area (Å²) in [5.74, 6) is 0.499. The summed E-state index contributed by atoms with van der Waals surface area (Å²) < 4.78 is 0. The van der Waals surface area contributed by atoms with Crippen molar-refractivity contribution in [2.45, 2.75) is 26.4 Å². The molecule has 0 radical (unpaired) electrons. The second-order valence-corrected chi connectivity index (χ2v) is 4.57. The molecule has 1 aromatic carbocycles. The number of benzene rings is 1. The minimum atomic E-state index is 0.218. The molecule has 2 nitrogen and oxygen atoms in total. The lowest BCUT2D eigenvalue weighted by Gasteiger charge is -2.10. The molecule has 0 fully saturated rings. The molecule has 0 saturated carbocycles. The Morgan fingerprint density at radius 2 is 2.00 bits per heavy atom. The number of rotatable bonds is 2. The quantitative estimate of drug-likeness (QED) is 0.752. The molecular weight excluding hydrogens is 210 g/mol. The average Bonchev–Trinajstić information content (AvgIpc) is 2.68. The number of oxime groups is 1. The van der Waals surface area contributed by atoms with Crippen molar-refractivity contribution in [3.63, 3.8) is 0 Å². The molecule has 1 atom stereocenters. The van der Waals surface area contributed by atoms with E-state index in [1.807, 2.05) is 24.3 Å². The van der Waals surface area contributed by atoms with E-state index in [1.54, 1.807) is 0 Å². The van der Waals surface area contributed by atoms with E-state index >= 15 is 0 Å². The lowest BCUT2D eigenvalue weighted by molar-refractivity contribution is 0.0521. The summed E-state index contributed by atoms with van der Waals surface area (Å²) in [5.41, 5.74) is 2.12. The van der Waals surface area contributed by atoms with Crippen molar-refractivity contribution in [3.8, 4) is 0 Å². The van der Waals surface area contributed by atoms with E-state index < -0.39 is 0 Å². The van der Waals surface area contributed by atoms with E-state index in [0.717, 1.165) is 22.7 Å². The second kappa shape index (κ2) is 4.23. The van der Waals surface area contributed by atoms with Crippen LogP contribution >= 0.6 is 11.6 Å². The minimum absolute atomic E-state index is 0.218. The van der Waals surface area contributed by atoms with Crippen LogP contribution in [0.25, 0.3) is 0 Å². The average molecular weight is 224 g/mol. The van der Waals surface area contributed by atoms with Gasteiger partial charge in [-0.05, 0) is 23.6 Å². The van der Waals surface area contributed by atoms with E-state index in [2.05, 4.69) is 19.0 Å². The Kier molecular flexibility index (Phi) is 2.96. The summed E-state index contributed by atoms with van der Waals surface area (Å²) in [7, 11) is 0. The van der Waals surface area contributed by atoms with Crippen LogP contribution in [0.4, 0.5) is 0 Å². The molecule has 0 bridgehead atoms. The van der Waals surface area contributed by atoms with Gasteiger partial charge in [0.25, 0.3) is 0 Å². The first kappa shape index (κ1) is 10.5. The van der Waals surface area contributed by atoms with Crippen molar-refractivity contribution < 1.29 is 4.84 Å². The standard InChI is InChI=1S/C12H14ClNO/c1-8(2)12-7-11(14-15-12)9-3-5-10(13)6-4-9/h3-6,8,12H,7H2,1-2H3. The summed E-state index contributed by atoms with van der Waals surface area (Å²) in [6.07, 6.45) is 1.11. The van der Waals surface area contributed by atoms with Crippen LogP contribution in [0.15, 0.2) is 29.4 Å². The summed E-state index contributed by atoms with van der Waals surface area (Å²) in [6.45, 7) is 4.29. The van der Waals surface area contributed by atoms with Crippen LogP contribution in [0.1, 0.15) is 25.8 Å². The molecule has 80 valence electrons. The maximum Gasteiger partial charge on any atom is 0.135 e. The smallest absolute Gasteiger partial charge is 0.135 e. The second-order valence-electron chi connectivity index (χ2n) is 4.14. The number of nitrogens with zero attached hydrogens (tertiary/aromatic N) is 1. The first-order chi connectivity index (χ1) is 7.16. The van der Waals surface area contributed by atoms with Gasteiger partial charge in [0.2, 0.25) is 0 Å². The van der Waals surface area contributed by atoms with Gasteiger partial charge in [-0.15, -0.1) is 0 Å². The lowest BCUT2D eigenvalue weighted by Crippen LogP contribution is -2.15. The van der Waals surface area contributed by atoms with Gasteiger partial charge in [0.15, 0.2) is 0 Å². The number of hydrogen-bond acceptors (Lipinski definition) is 2. The zero-order valence-electron chi connectivity index (χ0n) is 8.90. The highest BCUT2D eigenvalue weighted by atomic mass is 35.5. The van der Waals surface area contributed by atoms with E-state index in [4.69, 9.17) is 16.4 Å². The molecule has 2 rings (SSSR count). The summed E-state index contributed by atoms with van der Waals surface area (Å²) in [5, 5.41) is 4.86. The van der Waals surface area contributed by atoms with Crippen molar-refractivity contribution in [2.24, 2.45) is 11.1 Å². The van der Waals surface area contributed by atoms with Crippen molar-refractivity contribution in [1.82, 2.24) is 0 Å². The summed E-state index contributed by atoms with van der Waals surface area (Å²) in [4.78, 5) is 5.37. The van der Waals surface area contributed by atoms with Crippen LogP contribution in [-0.4, -0.2) is 11.8 Å². The minimum Gasteiger partial charge on any atom is -0.392 e. The molecule has 3 heteroatoms. The molecule has 0 amide bonds. The first-order valence-electron chi connectivity index (χ1n) is 5.15. The third kappa shape index (κ3) is 2.32. The zero-order valence-corrected chi connectivity index (χ0v) is 9.66. The number of halogens is 1. The fourth-order valence-corrected chi connectivity index (χ4v) is 1.69. The van der Waals surface area contributed by atoms with Crippen LogP contribution in [0, 0.1) is 5.92 Å². The Labute approximate surface area is 94.9 Å². The van der Waals surface area contributed by atoms with Gasteiger partial charge in [-0.25, -0.2) is 0 Å². The van der Waals surface area contributed by atoms with E-state index in [-0.39, 0.29) is 6.10 Å². The first-order valence-corrected chi connectivity index (χ1v) is 5.53. The fourth-order valence-electron chi connectivity index (χ4n) is 1.57. The van der Waals surface area contributed by atoms with Crippen LogP contribution in [-0.2, 0) is 4.84 Å². The highest BCUT2D eigenvalue weighted by Gasteiger charge is 2.24. The topological polar surface area (TPSA) is 21.6 Å². The molecule has 1 aliphatic heterocycles. The largest absolute Gasteiger partial charge is 0.392 e. The van der Waals surface area contributed by atoms with Crippen molar-refractivity contribution in [2.75, 3.05) is 0 Å². The monoisotopic (exact) mass is 223 g/mol. The Balaban J connectivity index is 2.11. The van der Waals surface area contributed by atoms with Crippen molar-refractivity contribution in [3.05, 3.63) is 34.9 Å². The van der Waals surface area contributed by atoms with Gasteiger partial charge < -0.3 is 4.84 Å². The maximum absolute atomic E-state index is 5.83. The van der Waals surface area contributed by atoms with E-state index in [9.17, 15) is 0 Å². The van der Waals surface area contributed by atoms with Crippen LogP contribution in [0.3, 0.4) is 0 Å². The molecule has 1 aliphatic rings. The fraction of sp³-hybridized carbons (Fsp3) is 0.417. The van der Waals surface area contributed by atoms with Crippen molar-refractivity contribution in [1.29, 1.82) is 0 Å². The van der Waals surface area contributed by atoms with Crippen LogP contribution in [0.5, 0.6) is 0 Å². The third-order valence-electron chi connectivity index (χ3n) is 2.61. The van der Waals surface area contributed by atoms with Gasteiger partial charge in [-0.1, -0.05) is 42.7 Å². The highest BCUT2D eigenvalue weighted by Crippen LogP contribution is 2.22. The molecule has 0 spiro atoms. The molecule has 1 aromatic rings. The predicted octanol–water partition coefficient (Wildman–Crippen LogP) is 3.49. The summed E-state index contributed by atoms with van der Waals surface area (Å²) >= 11 is 5.83. The van der Waals surface area contributed by atoms with Gasteiger partial charge in [-0.3, -0.25) is 0 Å². The molecule has 1 heterocycles. The summed E-state index contributed by atoms with van der Waals surface area (Å²) in [6, 6.07) is 7.71. The molecule has 0 N–H and O–H groups in total. The molecule has 0 aliphatic carbocycles. The van der Waals surface area contributed by atoms with Gasteiger partial charge in [0.1, 0.15) is 6.10 Å². The zero-order chi connectivity index (χ0) is 10.8. The predicted molar refractivity (Wildman–Crippen MR) is 62.3 cm³/mol. The molecule has 0 aromatic heterocycles. The van der Waals surface area contributed by atoms with Crippen LogP contribution < -0.4 is 0 Å². The van der Waals surface area contributed by atoms with E-state index in [1.165, 1.54) is 0 Å². The molecule has 1 unspecified atom stereocenters. The molecule has 0 saturated heterocycles. The van der Waals surface area contributed by atoms with Crippen LogP contribution in [0.2, 0.25) is 5.02 Å². The van der Waals surface area contributed by atoms with Gasteiger partial charge in [0.05, 0.1) is 5.71 Å². The van der Waals surface area contributed by atoms with Gasteiger partial charge in [0, 0.05) is 11.4 Å². The van der Waals surface area contributed by atoms with Crippen molar-refractivity contribution >= 4 is 17.3 Å². The number of hydrogen-bond donors (Lipinski definition) is 0. The lowest BCUT2D eigenvalue weighted by atomic mass is 9.99. The van der Waals surface area contributed by atoms with E-state index in [0.29, 0.717) is 5.92 Å². The Morgan fingerprint density at radius 1 is 1.33 bits per heavy atom. The SMILES string of the molecule is CC(C)C1CC(c2ccc(Cl)cc2)=NO1. The molecule has 15 heavy (non-hydrogen) atoms. The Morgan fingerprint density at radius 3 is 2.53 bits per heavy atom. The maximum atomic E-state index is 5.83. The Bertz CT molecular complexity index is 370. The normalized spacial score (nSPS) is 20.3. The van der Waals surface area contributed by atoms with Gasteiger partial charge >= 0.3 is 0 Å². The molecular formula is C12H14ClNO. The third-order valence-corrected chi connectivity index (χ3v) is 2.87. The van der Waals surface area contributed by atoms with Gasteiger partial charge in [-0.2, -0.15) is 0 Å².